The fourth-order valence-electron chi connectivity index (χ4n) is 4.51. The fraction of sp³-hybridized carbons (Fsp3) is 0.318. The summed E-state index contributed by atoms with van der Waals surface area (Å²) < 4.78 is 41.6. The van der Waals surface area contributed by atoms with E-state index in [1.165, 1.54) is 23.0 Å². The van der Waals surface area contributed by atoms with Gasteiger partial charge in [0.05, 0.1) is 22.8 Å². The van der Waals surface area contributed by atoms with Crippen molar-refractivity contribution in [2.24, 2.45) is 0 Å². The summed E-state index contributed by atoms with van der Waals surface area (Å²) in [6.45, 7) is -0.776. The van der Waals surface area contributed by atoms with Crippen molar-refractivity contribution in [3.8, 4) is 11.3 Å². The lowest BCUT2D eigenvalue weighted by molar-refractivity contribution is -0.223. The van der Waals surface area contributed by atoms with Crippen molar-refractivity contribution >= 4 is 47.4 Å². The maximum Gasteiger partial charge on any atom is 0.174 e. The molecular weight excluding hydrogens is 603 g/mol. The first-order valence-corrected chi connectivity index (χ1v) is 12.8. The summed E-state index contributed by atoms with van der Waals surface area (Å²) >= 11 is 22.7. The zero-order valence-corrected chi connectivity index (χ0v) is 22.6. The van der Waals surface area contributed by atoms with E-state index in [1.54, 1.807) is 6.07 Å². The van der Waals surface area contributed by atoms with Gasteiger partial charge in [-0.05, 0) is 40.3 Å². The maximum atomic E-state index is 14.2. The standard InChI is InChI=1S/C22H18Cl3F2N7O4S/c23-11-2-1-10(5-12(11)24)22(34-6-15(28-33-34)9-3-13(26)18(25)14(27)4-9)19(36)16(7-35)38-21(39)20(22)37-8-17-29-31-32-30-17/h1-6,16,19-21,35-36,39H,7-8H2,(H,29,30,31,32)/t16-,19+,20+,21-,22+/m0/s1. The molecule has 1 aliphatic heterocycles. The van der Waals surface area contributed by atoms with Gasteiger partial charge in [0.25, 0.3) is 0 Å². The third-order valence-electron chi connectivity index (χ3n) is 6.31. The number of ether oxygens (including phenoxy) is 2. The predicted octanol–water partition coefficient (Wildman–Crippen LogP) is 3.03. The van der Waals surface area contributed by atoms with Gasteiger partial charge < -0.3 is 19.7 Å². The second-order valence-electron chi connectivity index (χ2n) is 8.53. The number of nitrogens with one attached hydrogen (secondary N) is 1. The zero-order chi connectivity index (χ0) is 27.9. The molecule has 1 fully saturated rings. The van der Waals surface area contributed by atoms with Gasteiger partial charge in [-0.15, -0.1) is 22.8 Å². The number of hydrogen-bond donors (Lipinski definition) is 4. The lowest BCUT2D eigenvalue weighted by Gasteiger charge is -2.51. The van der Waals surface area contributed by atoms with Crippen LogP contribution in [-0.4, -0.2) is 76.2 Å². The Morgan fingerprint density at radius 1 is 1.13 bits per heavy atom. The molecule has 1 aliphatic rings. The Morgan fingerprint density at radius 3 is 2.51 bits per heavy atom. The lowest BCUT2D eigenvalue weighted by Crippen LogP contribution is -2.67. The highest BCUT2D eigenvalue weighted by atomic mass is 35.5. The summed E-state index contributed by atoms with van der Waals surface area (Å²) in [5, 5.41) is 43.2. The van der Waals surface area contributed by atoms with Crippen LogP contribution in [0, 0.1) is 11.6 Å². The first-order valence-electron chi connectivity index (χ1n) is 11.2. The Kier molecular flexibility index (Phi) is 8.08. The first kappa shape index (κ1) is 28.1. The van der Waals surface area contributed by atoms with E-state index in [2.05, 4.69) is 43.6 Å². The molecule has 0 spiro atoms. The van der Waals surface area contributed by atoms with Crippen LogP contribution in [0.25, 0.3) is 11.3 Å². The number of rotatable bonds is 7. The van der Waals surface area contributed by atoms with Crippen molar-refractivity contribution in [1.82, 2.24) is 35.6 Å². The molecule has 1 saturated heterocycles. The number of aromatic amines is 1. The molecule has 206 valence electrons. The highest BCUT2D eigenvalue weighted by Gasteiger charge is 2.59. The van der Waals surface area contributed by atoms with E-state index in [9.17, 15) is 19.0 Å². The van der Waals surface area contributed by atoms with Crippen LogP contribution < -0.4 is 0 Å². The van der Waals surface area contributed by atoms with Crippen LogP contribution in [0.4, 0.5) is 8.78 Å². The number of H-pyrrole nitrogens is 1. The molecule has 4 aromatic rings. The molecule has 0 amide bonds. The van der Waals surface area contributed by atoms with Gasteiger partial charge in [-0.25, -0.2) is 18.6 Å². The largest absolute Gasteiger partial charge is 0.394 e. The van der Waals surface area contributed by atoms with Crippen molar-refractivity contribution in [3.05, 3.63) is 74.6 Å². The number of halogens is 5. The van der Waals surface area contributed by atoms with E-state index in [0.717, 1.165) is 12.1 Å². The highest BCUT2D eigenvalue weighted by Crippen LogP contribution is 2.45. The summed E-state index contributed by atoms with van der Waals surface area (Å²) in [7, 11) is 0. The molecule has 5 rings (SSSR count). The van der Waals surface area contributed by atoms with Gasteiger partial charge in [0.2, 0.25) is 0 Å². The fourth-order valence-corrected chi connectivity index (χ4v) is 5.39. The summed E-state index contributed by atoms with van der Waals surface area (Å²) in [4.78, 5) is 0. The molecular formula is C22H18Cl3F2N7O4S. The number of hydrogen-bond acceptors (Lipinski definition) is 10. The smallest absolute Gasteiger partial charge is 0.174 e. The van der Waals surface area contributed by atoms with Crippen LogP contribution in [0.2, 0.25) is 15.1 Å². The van der Waals surface area contributed by atoms with E-state index in [0.29, 0.717) is 5.56 Å². The molecule has 0 aliphatic carbocycles. The van der Waals surface area contributed by atoms with E-state index in [1.807, 2.05) is 0 Å². The molecule has 0 unspecified atom stereocenters. The highest BCUT2D eigenvalue weighted by molar-refractivity contribution is 7.80. The van der Waals surface area contributed by atoms with Gasteiger partial charge in [0.1, 0.15) is 58.2 Å². The quantitative estimate of drug-likeness (QED) is 0.181. The van der Waals surface area contributed by atoms with Crippen LogP contribution in [0.1, 0.15) is 11.4 Å². The third kappa shape index (κ3) is 5.00. The van der Waals surface area contributed by atoms with Crippen LogP contribution >= 0.6 is 47.4 Å². The normalized spacial score (nSPS) is 25.2. The minimum absolute atomic E-state index is 0.0258. The molecule has 5 atom stereocenters. The molecule has 3 N–H and O–H groups in total. The Morgan fingerprint density at radius 2 is 1.87 bits per heavy atom. The SMILES string of the molecule is OC[C@@H]1O[C@@H](S)[C@@H](OCc2nnn[nH]2)[C@](c2ccc(Cl)c(Cl)c2)(n2cc(-c3cc(F)c(Cl)c(F)c3)nn2)[C@@H]1O. The maximum absolute atomic E-state index is 14.2. The topological polar surface area (TPSA) is 144 Å². The Hall–Kier alpha value is -2.43. The molecule has 11 nitrogen and oxygen atoms in total. The van der Waals surface area contributed by atoms with Crippen LogP contribution in [0.5, 0.6) is 0 Å². The van der Waals surface area contributed by atoms with Crippen LogP contribution in [-0.2, 0) is 21.6 Å². The van der Waals surface area contributed by atoms with Crippen molar-refractivity contribution in [1.29, 1.82) is 0 Å². The number of benzene rings is 2. The molecule has 3 heterocycles. The minimum Gasteiger partial charge on any atom is -0.394 e. The monoisotopic (exact) mass is 619 g/mol. The molecule has 0 radical (unpaired) electrons. The number of aliphatic hydroxyl groups excluding tert-OH is 2. The molecule has 2 aromatic carbocycles. The Balaban J connectivity index is 1.71. The van der Waals surface area contributed by atoms with Crippen molar-refractivity contribution in [2.45, 2.75) is 35.9 Å². The summed E-state index contributed by atoms with van der Waals surface area (Å²) in [6, 6.07) is 6.56. The number of tetrazole rings is 1. The summed E-state index contributed by atoms with van der Waals surface area (Å²) in [6.07, 6.45) is -2.53. The zero-order valence-electron chi connectivity index (χ0n) is 19.4. The minimum atomic E-state index is -1.73. The van der Waals surface area contributed by atoms with Crippen LogP contribution in [0.3, 0.4) is 0 Å². The Bertz CT molecular complexity index is 1460. The second-order valence-corrected chi connectivity index (χ2v) is 10.2. The van der Waals surface area contributed by atoms with E-state index in [-0.39, 0.29) is 33.7 Å². The molecule has 39 heavy (non-hydrogen) atoms. The van der Waals surface area contributed by atoms with Gasteiger partial charge in [0, 0.05) is 5.56 Å². The average molecular weight is 621 g/mol. The van der Waals surface area contributed by atoms with Gasteiger partial charge in [-0.1, -0.05) is 46.1 Å². The molecule has 17 heteroatoms. The Labute approximate surface area is 239 Å². The van der Waals surface area contributed by atoms with Crippen molar-refractivity contribution in [3.63, 3.8) is 0 Å². The second kappa shape index (κ2) is 11.2. The number of thiol groups is 1. The number of aliphatic hydroxyl groups is 2. The van der Waals surface area contributed by atoms with Gasteiger partial charge >= 0.3 is 0 Å². The summed E-state index contributed by atoms with van der Waals surface area (Å²) in [5.41, 5.74) is -2.39. The molecule has 2 aromatic heterocycles. The van der Waals surface area contributed by atoms with Crippen molar-refractivity contribution in [2.75, 3.05) is 6.61 Å². The predicted molar refractivity (Wildman–Crippen MR) is 137 cm³/mol. The van der Waals surface area contributed by atoms with E-state index < -0.39 is 52.6 Å². The van der Waals surface area contributed by atoms with E-state index >= 15 is 0 Å². The lowest BCUT2D eigenvalue weighted by atomic mass is 9.75. The van der Waals surface area contributed by atoms with E-state index in [4.69, 9.17) is 44.3 Å². The first-order chi connectivity index (χ1) is 18.7. The third-order valence-corrected chi connectivity index (χ3v) is 7.81. The van der Waals surface area contributed by atoms with Crippen molar-refractivity contribution < 1.29 is 28.5 Å². The summed E-state index contributed by atoms with van der Waals surface area (Å²) in [5.74, 6) is -1.74. The molecule has 0 saturated carbocycles. The number of aromatic nitrogens is 7. The van der Waals surface area contributed by atoms with Gasteiger partial charge in [0.15, 0.2) is 5.82 Å². The molecule has 0 bridgehead atoms. The van der Waals surface area contributed by atoms with Gasteiger partial charge in [-0.3, -0.25) is 0 Å². The van der Waals surface area contributed by atoms with Gasteiger partial charge in [-0.2, -0.15) is 0 Å². The number of nitrogens with zero attached hydrogens (tertiary/aromatic N) is 6. The van der Waals surface area contributed by atoms with Crippen LogP contribution in [0.15, 0.2) is 36.5 Å². The average Bonchev–Trinajstić information content (AvgIpc) is 3.62.